The molecular formula is C10H9Cl2N5O. The molecule has 1 aromatic heterocycles. The number of aromatic nitrogens is 3. The van der Waals surface area contributed by atoms with Crippen LogP contribution in [0.2, 0.25) is 10.0 Å². The van der Waals surface area contributed by atoms with Crippen LogP contribution < -0.4 is 11.1 Å². The van der Waals surface area contributed by atoms with Crippen LogP contribution in [-0.4, -0.2) is 21.1 Å². The molecule has 0 aliphatic rings. The van der Waals surface area contributed by atoms with Crippen LogP contribution in [0.5, 0.6) is 0 Å². The van der Waals surface area contributed by atoms with Gasteiger partial charge in [0.1, 0.15) is 12.2 Å². The Bertz CT molecular complexity index is 570. The number of nitrogen functional groups attached to an aromatic ring is 1. The zero-order valence-electron chi connectivity index (χ0n) is 9.08. The third-order valence-corrected chi connectivity index (χ3v) is 2.98. The van der Waals surface area contributed by atoms with Crippen LogP contribution in [0, 0.1) is 0 Å². The van der Waals surface area contributed by atoms with Crippen molar-refractivity contribution < 1.29 is 4.79 Å². The van der Waals surface area contributed by atoms with E-state index in [0.29, 0.717) is 11.5 Å². The molecular weight excluding hydrogens is 277 g/mol. The molecule has 1 heterocycles. The average molecular weight is 286 g/mol. The number of benzene rings is 1. The van der Waals surface area contributed by atoms with Crippen LogP contribution in [0.3, 0.4) is 0 Å². The first-order valence-corrected chi connectivity index (χ1v) is 5.70. The molecule has 0 unspecified atom stereocenters. The van der Waals surface area contributed by atoms with Gasteiger partial charge in [0, 0.05) is 5.69 Å². The molecule has 4 N–H and O–H groups in total. The summed E-state index contributed by atoms with van der Waals surface area (Å²) in [6.45, 7) is 0.210. The molecule has 0 saturated heterocycles. The van der Waals surface area contributed by atoms with Gasteiger partial charge in [0.15, 0.2) is 0 Å². The molecule has 8 heteroatoms. The number of hydrogen-bond acceptors (Lipinski definition) is 4. The van der Waals surface area contributed by atoms with Crippen LogP contribution in [0.25, 0.3) is 0 Å². The first-order chi connectivity index (χ1) is 8.58. The summed E-state index contributed by atoms with van der Waals surface area (Å²) in [5.41, 5.74) is 6.20. The number of carbonyl (C=O) groups is 1. The van der Waals surface area contributed by atoms with E-state index in [4.69, 9.17) is 28.9 Å². The predicted molar refractivity (Wildman–Crippen MR) is 68.4 cm³/mol. The summed E-state index contributed by atoms with van der Waals surface area (Å²) in [5, 5.41) is 9.32. The number of carbonyl (C=O) groups excluding carboxylic acids is 1. The monoisotopic (exact) mass is 285 g/mol. The van der Waals surface area contributed by atoms with E-state index in [1.54, 1.807) is 0 Å². The van der Waals surface area contributed by atoms with Gasteiger partial charge < -0.3 is 11.1 Å². The van der Waals surface area contributed by atoms with Gasteiger partial charge >= 0.3 is 0 Å². The largest absolute Gasteiger partial charge is 0.399 e. The molecule has 1 aromatic carbocycles. The number of nitrogens with zero attached hydrogens (tertiary/aromatic N) is 2. The van der Waals surface area contributed by atoms with Crippen LogP contribution in [-0.2, 0) is 6.54 Å². The van der Waals surface area contributed by atoms with Crippen molar-refractivity contribution in [1.82, 2.24) is 20.5 Å². The van der Waals surface area contributed by atoms with E-state index in [2.05, 4.69) is 20.5 Å². The van der Waals surface area contributed by atoms with Crippen molar-refractivity contribution >= 4 is 34.8 Å². The van der Waals surface area contributed by atoms with Crippen molar-refractivity contribution in [2.24, 2.45) is 0 Å². The lowest BCUT2D eigenvalue weighted by Crippen LogP contribution is -2.24. The lowest BCUT2D eigenvalue weighted by Gasteiger charge is -2.07. The predicted octanol–water partition coefficient (Wildman–Crippen LogP) is 1.62. The van der Waals surface area contributed by atoms with Gasteiger partial charge in [0.05, 0.1) is 22.2 Å². The van der Waals surface area contributed by atoms with E-state index in [0.717, 1.165) is 0 Å². The maximum absolute atomic E-state index is 11.9. The molecule has 0 spiro atoms. The number of nitrogens with one attached hydrogen (secondary N) is 2. The minimum Gasteiger partial charge on any atom is -0.399 e. The molecule has 2 aromatic rings. The fraction of sp³-hybridized carbons (Fsp3) is 0.100. The second-order valence-electron chi connectivity index (χ2n) is 3.48. The van der Waals surface area contributed by atoms with E-state index in [9.17, 15) is 4.79 Å². The number of nitrogens with two attached hydrogens (primary N) is 1. The van der Waals surface area contributed by atoms with Gasteiger partial charge in [0.25, 0.3) is 5.91 Å². The molecule has 0 atom stereocenters. The van der Waals surface area contributed by atoms with Crippen LogP contribution >= 0.6 is 23.2 Å². The van der Waals surface area contributed by atoms with E-state index < -0.39 is 0 Å². The Hall–Kier alpha value is -1.79. The number of aromatic amines is 1. The molecule has 2 rings (SSSR count). The Kier molecular flexibility index (Phi) is 3.69. The topological polar surface area (TPSA) is 96.7 Å². The highest BCUT2D eigenvalue weighted by Crippen LogP contribution is 2.28. The van der Waals surface area contributed by atoms with Gasteiger partial charge in [-0.05, 0) is 12.1 Å². The Morgan fingerprint density at radius 1 is 1.44 bits per heavy atom. The fourth-order valence-corrected chi connectivity index (χ4v) is 1.77. The third-order valence-electron chi connectivity index (χ3n) is 2.18. The molecule has 1 amide bonds. The smallest absolute Gasteiger partial charge is 0.253 e. The van der Waals surface area contributed by atoms with Gasteiger partial charge in [-0.1, -0.05) is 23.2 Å². The van der Waals surface area contributed by atoms with E-state index in [1.165, 1.54) is 18.5 Å². The van der Waals surface area contributed by atoms with Crippen LogP contribution in [0.4, 0.5) is 5.69 Å². The molecule has 94 valence electrons. The first-order valence-electron chi connectivity index (χ1n) is 4.95. The van der Waals surface area contributed by atoms with Crippen LogP contribution in [0.1, 0.15) is 16.2 Å². The van der Waals surface area contributed by atoms with Crippen molar-refractivity contribution in [2.45, 2.75) is 6.54 Å². The SMILES string of the molecule is Nc1cc(Cl)c(Cl)c(C(=O)NCc2ncn[nH]2)c1. The highest BCUT2D eigenvalue weighted by atomic mass is 35.5. The number of anilines is 1. The minimum atomic E-state index is -0.384. The standard InChI is InChI=1S/C10H9Cl2N5O/c11-7-2-5(13)1-6(9(7)12)10(18)14-3-8-15-4-16-17-8/h1-2,4H,3,13H2,(H,14,18)(H,15,16,17). The summed E-state index contributed by atoms with van der Waals surface area (Å²) in [7, 11) is 0. The number of hydrogen-bond donors (Lipinski definition) is 3. The van der Waals surface area contributed by atoms with Crippen molar-refractivity contribution in [1.29, 1.82) is 0 Å². The first kappa shape index (κ1) is 12.7. The molecule has 0 aliphatic carbocycles. The van der Waals surface area contributed by atoms with Crippen molar-refractivity contribution in [3.8, 4) is 0 Å². The van der Waals surface area contributed by atoms with E-state index in [1.807, 2.05) is 0 Å². The quantitative estimate of drug-likeness (QED) is 0.747. The third kappa shape index (κ3) is 2.72. The zero-order chi connectivity index (χ0) is 13.1. The Balaban J connectivity index is 2.14. The number of H-pyrrole nitrogens is 1. The maximum atomic E-state index is 11.9. The summed E-state index contributed by atoms with van der Waals surface area (Å²) >= 11 is 11.8. The molecule has 6 nitrogen and oxygen atoms in total. The molecule has 0 aliphatic heterocycles. The average Bonchev–Trinajstić information content (AvgIpc) is 2.83. The number of rotatable bonds is 3. The van der Waals surface area contributed by atoms with Crippen molar-refractivity contribution in [3.05, 3.63) is 39.9 Å². The highest BCUT2D eigenvalue weighted by molar-refractivity contribution is 6.44. The lowest BCUT2D eigenvalue weighted by molar-refractivity contribution is 0.0950. The Labute approximate surface area is 112 Å². The lowest BCUT2D eigenvalue weighted by atomic mass is 10.2. The summed E-state index contributed by atoms with van der Waals surface area (Å²) in [6.07, 6.45) is 1.35. The fourth-order valence-electron chi connectivity index (χ4n) is 1.35. The molecule has 0 radical (unpaired) electrons. The number of halogens is 2. The highest BCUT2D eigenvalue weighted by Gasteiger charge is 2.14. The summed E-state index contributed by atoms with van der Waals surface area (Å²) < 4.78 is 0. The summed E-state index contributed by atoms with van der Waals surface area (Å²) in [6, 6.07) is 2.95. The second kappa shape index (κ2) is 5.24. The van der Waals surface area contributed by atoms with Gasteiger partial charge in [-0.15, -0.1) is 0 Å². The number of amides is 1. The van der Waals surface area contributed by atoms with Gasteiger partial charge in [-0.3, -0.25) is 9.89 Å². The normalized spacial score (nSPS) is 10.3. The zero-order valence-corrected chi connectivity index (χ0v) is 10.6. The summed E-state index contributed by atoms with van der Waals surface area (Å²) in [5.74, 6) is 0.153. The maximum Gasteiger partial charge on any atom is 0.253 e. The van der Waals surface area contributed by atoms with Crippen molar-refractivity contribution in [2.75, 3.05) is 5.73 Å². The van der Waals surface area contributed by atoms with E-state index in [-0.39, 0.29) is 28.1 Å². The minimum absolute atomic E-state index is 0.168. The second-order valence-corrected chi connectivity index (χ2v) is 4.26. The van der Waals surface area contributed by atoms with E-state index >= 15 is 0 Å². The van der Waals surface area contributed by atoms with Gasteiger partial charge in [0.2, 0.25) is 0 Å². The van der Waals surface area contributed by atoms with Crippen molar-refractivity contribution in [3.63, 3.8) is 0 Å². The molecule has 0 saturated carbocycles. The Morgan fingerprint density at radius 3 is 2.89 bits per heavy atom. The Morgan fingerprint density at radius 2 is 2.22 bits per heavy atom. The summed E-state index contributed by atoms with van der Waals surface area (Å²) in [4.78, 5) is 15.8. The van der Waals surface area contributed by atoms with Gasteiger partial charge in [-0.25, -0.2) is 4.98 Å². The van der Waals surface area contributed by atoms with Gasteiger partial charge in [-0.2, -0.15) is 5.10 Å². The molecule has 18 heavy (non-hydrogen) atoms. The molecule has 0 fully saturated rings. The van der Waals surface area contributed by atoms with Crippen LogP contribution in [0.15, 0.2) is 18.5 Å². The molecule has 0 bridgehead atoms.